The molecule has 13 heteroatoms. The van der Waals surface area contributed by atoms with Crippen LogP contribution in [-0.4, -0.2) is 73.2 Å². The summed E-state index contributed by atoms with van der Waals surface area (Å²) in [6.45, 7) is 2.91. The smallest absolute Gasteiger partial charge is 0.255 e. The molecule has 5 heterocycles. The second-order valence-corrected chi connectivity index (χ2v) is 14.8. The summed E-state index contributed by atoms with van der Waals surface area (Å²) < 4.78 is 64.2. The summed E-state index contributed by atoms with van der Waals surface area (Å²) in [5.74, 6) is 0.201. The first kappa shape index (κ1) is 31.8. The fourth-order valence-electron chi connectivity index (χ4n) is 6.73. The van der Waals surface area contributed by atoms with E-state index in [-0.39, 0.29) is 17.4 Å². The standard InChI is InChI=1S/C37H32F2N6O4S/c1-20-8-10-21(11-9-20)36-35(37(46)40-2)26-12-24(31(15-33(26)49-36)43(3)50(4,47)48)28-13-25-29(16-41-28)42-34(19-44-17-22(38)18-44)45-30-7-5-6-27(39)23(30)14-32(25)45/h5-16,22H,17-19H2,1-4H3,(H,40,46). The molecule has 1 saturated heterocycles. The third-order valence-corrected chi connectivity index (χ3v) is 10.6. The van der Waals surface area contributed by atoms with E-state index in [2.05, 4.69) is 5.32 Å². The predicted molar refractivity (Wildman–Crippen MR) is 190 cm³/mol. The summed E-state index contributed by atoms with van der Waals surface area (Å²) in [7, 11) is -0.783. The highest BCUT2D eigenvalue weighted by molar-refractivity contribution is 7.92. The van der Waals surface area contributed by atoms with Crippen molar-refractivity contribution in [3.8, 4) is 22.6 Å². The van der Waals surface area contributed by atoms with E-state index < -0.39 is 16.2 Å². The minimum atomic E-state index is -3.76. The minimum absolute atomic E-state index is 0.283. The van der Waals surface area contributed by atoms with E-state index in [4.69, 9.17) is 14.4 Å². The molecule has 1 amide bonds. The van der Waals surface area contributed by atoms with Gasteiger partial charge in [-0.25, -0.2) is 22.2 Å². The van der Waals surface area contributed by atoms with Gasteiger partial charge in [-0.1, -0.05) is 35.9 Å². The lowest BCUT2D eigenvalue weighted by Gasteiger charge is -2.34. The number of pyridine rings is 1. The molecule has 0 atom stereocenters. The lowest BCUT2D eigenvalue weighted by molar-refractivity contribution is 0.0567. The fourth-order valence-corrected chi connectivity index (χ4v) is 7.24. The molecule has 0 radical (unpaired) electrons. The molecule has 8 rings (SSSR count). The van der Waals surface area contributed by atoms with E-state index in [1.54, 1.807) is 36.5 Å². The minimum Gasteiger partial charge on any atom is -0.455 e. The van der Waals surface area contributed by atoms with Crippen molar-refractivity contribution in [2.24, 2.45) is 0 Å². The Morgan fingerprint density at radius 1 is 1.04 bits per heavy atom. The molecule has 1 fully saturated rings. The topological polar surface area (TPSA) is 113 Å². The predicted octanol–water partition coefficient (Wildman–Crippen LogP) is 6.47. The van der Waals surface area contributed by atoms with Crippen LogP contribution < -0.4 is 9.62 Å². The summed E-state index contributed by atoms with van der Waals surface area (Å²) in [4.78, 5) is 25.0. The Labute approximate surface area is 286 Å². The maximum absolute atomic E-state index is 15.2. The third kappa shape index (κ3) is 5.15. The van der Waals surface area contributed by atoms with Crippen LogP contribution in [0.3, 0.4) is 0 Å². The largest absolute Gasteiger partial charge is 0.455 e. The number of hydrogen-bond donors (Lipinski definition) is 1. The number of carbonyl (C=O) groups is 1. The number of hydrogen-bond acceptors (Lipinski definition) is 7. The number of carbonyl (C=O) groups excluding carboxylic acids is 1. The molecule has 254 valence electrons. The molecule has 3 aromatic carbocycles. The fraction of sp³-hybridized carbons (Fsp3) is 0.216. The van der Waals surface area contributed by atoms with Crippen molar-refractivity contribution in [3.05, 3.63) is 95.7 Å². The zero-order valence-electron chi connectivity index (χ0n) is 27.7. The number of alkyl halides is 1. The van der Waals surface area contributed by atoms with E-state index in [1.165, 1.54) is 20.2 Å². The van der Waals surface area contributed by atoms with E-state index in [9.17, 15) is 17.6 Å². The first-order valence-electron chi connectivity index (χ1n) is 16.0. The number of anilines is 1. The molecular formula is C37H32F2N6O4S. The van der Waals surface area contributed by atoms with Gasteiger partial charge >= 0.3 is 0 Å². The maximum atomic E-state index is 15.2. The van der Waals surface area contributed by atoms with E-state index in [0.29, 0.717) is 91.9 Å². The van der Waals surface area contributed by atoms with Gasteiger partial charge in [-0.2, -0.15) is 0 Å². The molecule has 7 aromatic rings. The average Bonchev–Trinajstić information content (AvgIpc) is 3.66. The van der Waals surface area contributed by atoms with Crippen LogP contribution in [-0.2, 0) is 16.6 Å². The van der Waals surface area contributed by atoms with Crippen LogP contribution >= 0.6 is 0 Å². The number of fused-ring (bicyclic) bond motifs is 6. The molecule has 0 spiro atoms. The number of halogens is 2. The molecule has 10 nitrogen and oxygen atoms in total. The summed E-state index contributed by atoms with van der Waals surface area (Å²) >= 11 is 0. The lowest BCUT2D eigenvalue weighted by Crippen LogP contribution is -2.47. The Morgan fingerprint density at radius 2 is 1.80 bits per heavy atom. The molecule has 50 heavy (non-hydrogen) atoms. The number of aryl methyl sites for hydroxylation is 1. The first-order chi connectivity index (χ1) is 23.9. The molecule has 0 aliphatic carbocycles. The van der Waals surface area contributed by atoms with Crippen molar-refractivity contribution in [2.75, 3.05) is 37.7 Å². The second kappa shape index (κ2) is 11.6. The number of nitrogens with one attached hydrogen (secondary N) is 1. The van der Waals surface area contributed by atoms with Gasteiger partial charge in [-0.15, -0.1) is 0 Å². The van der Waals surface area contributed by atoms with Gasteiger partial charge in [0, 0.05) is 60.5 Å². The van der Waals surface area contributed by atoms with E-state index >= 15 is 4.39 Å². The van der Waals surface area contributed by atoms with Crippen LogP contribution in [0.5, 0.6) is 0 Å². The monoisotopic (exact) mass is 694 g/mol. The molecule has 1 aliphatic rings. The Kier molecular flexibility index (Phi) is 7.39. The van der Waals surface area contributed by atoms with Crippen LogP contribution in [0.25, 0.3) is 60.9 Å². The molecule has 0 saturated carbocycles. The SMILES string of the molecule is CNC(=O)c1c(-c2ccc(C)cc2)oc2cc(N(C)S(C)(=O)=O)c(-c3cc4c(cn3)nc(CN3CC(F)C3)n3c5cccc(F)c5cc43)cc12. The van der Waals surface area contributed by atoms with Crippen molar-refractivity contribution in [1.29, 1.82) is 0 Å². The molecule has 1 aliphatic heterocycles. The summed E-state index contributed by atoms with van der Waals surface area (Å²) in [6.07, 6.45) is 1.80. The molecule has 1 N–H and O–H groups in total. The highest BCUT2D eigenvalue weighted by atomic mass is 32.2. The van der Waals surface area contributed by atoms with Gasteiger partial charge in [0.1, 0.15) is 29.2 Å². The Bertz CT molecular complexity index is 2630. The van der Waals surface area contributed by atoms with Crippen LogP contribution in [0.1, 0.15) is 21.7 Å². The van der Waals surface area contributed by atoms with Gasteiger partial charge in [0.15, 0.2) is 0 Å². The average molecular weight is 695 g/mol. The zero-order valence-corrected chi connectivity index (χ0v) is 28.5. The molecular weight excluding hydrogens is 663 g/mol. The van der Waals surface area contributed by atoms with Crippen molar-refractivity contribution < 1.29 is 26.4 Å². The number of benzene rings is 3. The Hall–Kier alpha value is -5.40. The highest BCUT2D eigenvalue weighted by Crippen LogP contribution is 2.42. The molecule has 4 aromatic heterocycles. The van der Waals surface area contributed by atoms with Crippen molar-refractivity contribution in [3.63, 3.8) is 0 Å². The number of aromatic nitrogens is 3. The van der Waals surface area contributed by atoms with Crippen molar-refractivity contribution >= 4 is 59.9 Å². The Balaban J connectivity index is 1.40. The third-order valence-electron chi connectivity index (χ3n) is 9.42. The van der Waals surface area contributed by atoms with Gasteiger partial charge in [0.05, 0.1) is 52.5 Å². The van der Waals surface area contributed by atoms with Gasteiger partial charge in [-0.3, -0.25) is 23.4 Å². The van der Waals surface area contributed by atoms with Gasteiger partial charge in [-0.05, 0) is 37.3 Å². The number of likely N-dealkylation sites (tertiary alicyclic amines) is 1. The number of sulfonamides is 1. The summed E-state index contributed by atoms with van der Waals surface area (Å²) in [6, 6.07) is 19.3. The number of amides is 1. The maximum Gasteiger partial charge on any atom is 0.255 e. The second-order valence-electron chi connectivity index (χ2n) is 12.8. The number of rotatable bonds is 7. The number of nitrogens with zero attached hydrogens (tertiary/aromatic N) is 5. The summed E-state index contributed by atoms with van der Waals surface area (Å²) in [5, 5.41) is 4.23. The van der Waals surface area contributed by atoms with Gasteiger partial charge in [0.2, 0.25) is 10.0 Å². The van der Waals surface area contributed by atoms with Crippen LogP contribution in [0, 0.1) is 12.7 Å². The quantitative estimate of drug-likeness (QED) is 0.204. The zero-order chi connectivity index (χ0) is 35.1. The first-order valence-corrected chi connectivity index (χ1v) is 17.8. The van der Waals surface area contributed by atoms with Crippen molar-refractivity contribution in [1.82, 2.24) is 24.6 Å². The highest BCUT2D eigenvalue weighted by Gasteiger charge is 2.29. The van der Waals surface area contributed by atoms with Gasteiger partial charge in [0.25, 0.3) is 5.91 Å². The molecule has 0 bridgehead atoms. The van der Waals surface area contributed by atoms with Gasteiger partial charge < -0.3 is 9.73 Å². The van der Waals surface area contributed by atoms with E-state index in [1.807, 2.05) is 46.6 Å². The summed E-state index contributed by atoms with van der Waals surface area (Å²) in [5.41, 5.74) is 5.27. The van der Waals surface area contributed by atoms with E-state index in [0.717, 1.165) is 16.1 Å². The van der Waals surface area contributed by atoms with Crippen LogP contribution in [0.4, 0.5) is 14.5 Å². The molecule has 0 unspecified atom stereocenters. The Morgan fingerprint density at radius 3 is 2.50 bits per heavy atom. The van der Waals surface area contributed by atoms with Crippen LogP contribution in [0.2, 0.25) is 0 Å². The van der Waals surface area contributed by atoms with Crippen molar-refractivity contribution in [2.45, 2.75) is 19.6 Å². The lowest BCUT2D eigenvalue weighted by atomic mass is 10.00. The van der Waals surface area contributed by atoms with Crippen LogP contribution in [0.15, 0.2) is 77.3 Å². The normalized spacial score (nSPS) is 14.2. The number of furan rings is 1.